The molecule has 5 heterocycles. The zero-order chi connectivity index (χ0) is 34.1. The summed E-state index contributed by atoms with van der Waals surface area (Å²) in [4.78, 5) is 18.3. The normalized spacial score (nSPS) is 20.9. The van der Waals surface area contributed by atoms with Gasteiger partial charge in [-0.1, -0.05) is 19.6 Å². The van der Waals surface area contributed by atoms with Gasteiger partial charge in [0.05, 0.1) is 42.2 Å². The number of likely N-dealkylation sites (tertiary alicyclic amines) is 1. The minimum absolute atomic E-state index is 0.143. The monoisotopic (exact) mass is 683 g/mol. The molecule has 0 atom stereocenters. The second kappa shape index (κ2) is 13.5. The highest BCUT2D eigenvalue weighted by Crippen LogP contribution is 2.46. The first kappa shape index (κ1) is 34.0. The molecule has 0 amide bonds. The molecule has 0 aromatic carbocycles. The Morgan fingerprint density at radius 2 is 1.92 bits per heavy atom. The molecule has 16 heteroatoms. The standard InChI is InChI=1S/C32H40F3N9O3Si/c1-48(2,3)13-12-46-21-43-11-6-26-28(37-20-38-29(26)43)22-17-39-44(18-22)31(7-8-36)15-24(16-31)42-9-4-25(5-10-42)47-27-14-23(19-45)40-30(41-27)32(33,34)35/h6,11,14,17-18,20,24-25,45H,4-5,7,9-10,12-13,15-16,19,21H2,1-3H3/t24-,31+. The van der Waals surface area contributed by atoms with Gasteiger partial charge in [0, 0.05) is 63.2 Å². The Labute approximate surface area is 277 Å². The Hall–Kier alpha value is -3.91. The summed E-state index contributed by atoms with van der Waals surface area (Å²) in [6.07, 6.45) is 5.26. The molecule has 1 saturated heterocycles. The van der Waals surface area contributed by atoms with Gasteiger partial charge >= 0.3 is 6.18 Å². The summed E-state index contributed by atoms with van der Waals surface area (Å²) in [6.45, 7) is 8.87. The molecule has 1 aliphatic heterocycles. The fraction of sp³-hybridized carbons (Fsp3) is 0.562. The van der Waals surface area contributed by atoms with Gasteiger partial charge < -0.3 is 19.1 Å². The predicted molar refractivity (Wildman–Crippen MR) is 172 cm³/mol. The van der Waals surface area contributed by atoms with E-state index in [2.05, 4.69) is 50.5 Å². The summed E-state index contributed by atoms with van der Waals surface area (Å²) < 4.78 is 55.3. The fourth-order valence-electron chi connectivity index (χ4n) is 6.49. The van der Waals surface area contributed by atoms with Crippen molar-refractivity contribution in [2.75, 3.05) is 19.7 Å². The molecular formula is C32H40F3N9O3Si. The lowest BCUT2D eigenvalue weighted by Gasteiger charge is -2.52. The van der Waals surface area contributed by atoms with E-state index in [4.69, 9.17) is 14.6 Å². The van der Waals surface area contributed by atoms with E-state index >= 15 is 0 Å². The molecule has 0 radical (unpaired) electrons. The summed E-state index contributed by atoms with van der Waals surface area (Å²) in [5, 5.41) is 24.7. The van der Waals surface area contributed by atoms with Crippen LogP contribution in [0.4, 0.5) is 13.2 Å². The van der Waals surface area contributed by atoms with Crippen LogP contribution in [-0.4, -0.2) is 84.2 Å². The van der Waals surface area contributed by atoms with E-state index in [1.54, 1.807) is 12.5 Å². The molecule has 256 valence electrons. The highest BCUT2D eigenvalue weighted by Gasteiger charge is 2.49. The van der Waals surface area contributed by atoms with E-state index in [-0.39, 0.29) is 23.7 Å². The third kappa shape index (κ3) is 7.38. The fourth-order valence-corrected chi connectivity index (χ4v) is 7.25. The van der Waals surface area contributed by atoms with Crippen LogP contribution in [0.25, 0.3) is 22.3 Å². The van der Waals surface area contributed by atoms with Gasteiger partial charge in [-0.25, -0.2) is 15.0 Å². The highest BCUT2D eigenvalue weighted by molar-refractivity contribution is 6.76. The molecule has 1 saturated carbocycles. The van der Waals surface area contributed by atoms with Gasteiger partial charge in [0.15, 0.2) is 0 Å². The van der Waals surface area contributed by atoms with E-state index < -0.39 is 32.2 Å². The Balaban J connectivity index is 1.08. The first-order valence-corrected chi connectivity index (χ1v) is 19.8. The Kier molecular flexibility index (Phi) is 9.58. The van der Waals surface area contributed by atoms with Gasteiger partial charge in [-0.2, -0.15) is 28.5 Å². The first-order valence-electron chi connectivity index (χ1n) is 16.1. The van der Waals surface area contributed by atoms with E-state index in [0.717, 1.165) is 47.8 Å². The van der Waals surface area contributed by atoms with Crippen LogP contribution in [0.2, 0.25) is 25.7 Å². The van der Waals surface area contributed by atoms with Crippen LogP contribution in [0.1, 0.15) is 43.6 Å². The van der Waals surface area contributed by atoms with Crippen LogP contribution in [0.5, 0.6) is 5.88 Å². The Morgan fingerprint density at radius 3 is 2.60 bits per heavy atom. The second-order valence-corrected chi connectivity index (χ2v) is 19.5. The number of fused-ring (bicyclic) bond motifs is 1. The maximum atomic E-state index is 13.2. The molecule has 4 aromatic heterocycles. The molecule has 0 spiro atoms. The van der Waals surface area contributed by atoms with Gasteiger partial charge in [-0.15, -0.1) is 0 Å². The molecule has 0 bridgehead atoms. The lowest BCUT2D eigenvalue weighted by atomic mass is 9.69. The van der Waals surface area contributed by atoms with Crippen molar-refractivity contribution in [3.63, 3.8) is 0 Å². The smallest absolute Gasteiger partial charge is 0.451 e. The molecule has 2 aliphatic rings. The minimum atomic E-state index is -4.74. The van der Waals surface area contributed by atoms with Gasteiger partial charge in [0.1, 0.15) is 24.8 Å². The topological polar surface area (TPSA) is 140 Å². The summed E-state index contributed by atoms with van der Waals surface area (Å²) in [5.41, 5.74) is 1.83. The number of piperidine rings is 1. The molecule has 1 aliphatic carbocycles. The van der Waals surface area contributed by atoms with Gasteiger partial charge in [0.25, 0.3) is 0 Å². The highest BCUT2D eigenvalue weighted by atomic mass is 28.3. The van der Waals surface area contributed by atoms with E-state index in [1.165, 1.54) is 6.07 Å². The van der Waals surface area contributed by atoms with Crippen LogP contribution in [0.15, 0.2) is 37.1 Å². The van der Waals surface area contributed by atoms with Crippen LogP contribution >= 0.6 is 0 Å². The molecule has 0 unspecified atom stereocenters. The minimum Gasteiger partial charge on any atom is -0.474 e. The van der Waals surface area contributed by atoms with Crippen LogP contribution < -0.4 is 4.74 Å². The van der Waals surface area contributed by atoms with Crippen molar-refractivity contribution >= 4 is 19.1 Å². The number of nitriles is 1. The van der Waals surface area contributed by atoms with Crippen molar-refractivity contribution in [1.29, 1.82) is 5.26 Å². The largest absolute Gasteiger partial charge is 0.474 e. The van der Waals surface area contributed by atoms with Crippen molar-refractivity contribution < 1.29 is 27.8 Å². The molecular weight excluding hydrogens is 643 g/mol. The predicted octanol–water partition coefficient (Wildman–Crippen LogP) is 5.22. The number of ether oxygens (including phenoxy) is 2. The maximum absolute atomic E-state index is 13.2. The van der Waals surface area contributed by atoms with Crippen molar-refractivity contribution in [3.8, 4) is 23.2 Å². The van der Waals surface area contributed by atoms with Crippen molar-refractivity contribution in [3.05, 3.63) is 48.6 Å². The summed E-state index contributed by atoms with van der Waals surface area (Å²) in [5.74, 6) is -1.51. The molecule has 4 aromatic rings. The molecule has 48 heavy (non-hydrogen) atoms. The van der Waals surface area contributed by atoms with Crippen LogP contribution in [0.3, 0.4) is 0 Å². The number of hydrogen-bond acceptors (Lipinski definition) is 10. The second-order valence-electron chi connectivity index (χ2n) is 13.9. The van der Waals surface area contributed by atoms with Crippen molar-refractivity contribution in [1.82, 2.24) is 39.2 Å². The SMILES string of the molecule is C[Si](C)(C)CCOCn1ccc2c(-c3cnn([C@]4(CC#N)C[C@H](N5CCC(Oc6cc(CO)nc(C(F)(F)F)n6)CC5)C4)c3)ncnc21. The molecule has 6 rings (SSSR count). The summed E-state index contributed by atoms with van der Waals surface area (Å²) >= 11 is 0. The quantitative estimate of drug-likeness (QED) is 0.156. The van der Waals surface area contributed by atoms with Crippen LogP contribution in [0, 0.1) is 11.3 Å². The zero-order valence-electron chi connectivity index (χ0n) is 27.3. The number of hydrogen-bond donors (Lipinski definition) is 1. The third-order valence-electron chi connectivity index (χ3n) is 9.22. The number of aliphatic hydroxyl groups excluding tert-OH is 1. The number of aliphatic hydroxyl groups is 1. The number of halogens is 3. The Morgan fingerprint density at radius 1 is 1.15 bits per heavy atom. The third-order valence-corrected chi connectivity index (χ3v) is 10.9. The first-order chi connectivity index (χ1) is 22.9. The molecule has 2 fully saturated rings. The van der Waals surface area contributed by atoms with Gasteiger partial charge in [-0.05, 0) is 37.8 Å². The number of nitrogens with zero attached hydrogens (tertiary/aromatic N) is 9. The lowest BCUT2D eigenvalue weighted by Crippen LogP contribution is -2.58. The zero-order valence-corrected chi connectivity index (χ0v) is 28.3. The van der Waals surface area contributed by atoms with E-state index in [9.17, 15) is 23.5 Å². The average molecular weight is 684 g/mol. The van der Waals surface area contributed by atoms with Gasteiger partial charge in [0.2, 0.25) is 11.7 Å². The van der Waals surface area contributed by atoms with E-state index in [1.807, 2.05) is 27.7 Å². The number of aromatic nitrogens is 7. The Bertz CT molecular complexity index is 1770. The number of alkyl halides is 3. The van der Waals surface area contributed by atoms with Crippen molar-refractivity contribution in [2.45, 2.75) is 95.0 Å². The van der Waals surface area contributed by atoms with Gasteiger partial charge in [-0.3, -0.25) is 9.58 Å². The molecule has 1 N–H and O–H groups in total. The summed E-state index contributed by atoms with van der Waals surface area (Å²) in [6, 6.07) is 6.93. The van der Waals surface area contributed by atoms with Crippen LogP contribution in [-0.2, 0) is 29.8 Å². The van der Waals surface area contributed by atoms with Crippen molar-refractivity contribution in [2.24, 2.45) is 0 Å². The lowest BCUT2D eigenvalue weighted by molar-refractivity contribution is -0.145. The maximum Gasteiger partial charge on any atom is 0.451 e. The molecule has 12 nitrogen and oxygen atoms in total. The summed E-state index contributed by atoms with van der Waals surface area (Å²) in [7, 11) is -1.18. The van der Waals surface area contributed by atoms with E-state index in [0.29, 0.717) is 39.1 Å². The average Bonchev–Trinajstić information content (AvgIpc) is 3.68. The number of rotatable bonds is 12.